The zero-order chi connectivity index (χ0) is 29.7. The van der Waals surface area contributed by atoms with Crippen molar-refractivity contribution in [1.29, 1.82) is 0 Å². The molecule has 1 saturated carbocycles. The van der Waals surface area contributed by atoms with E-state index in [0.717, 1.165) is 12.8 Å². The van der Waals surface area contributed by atoms with Gasteiger partial charge in [0, 0.05) is 24.3 Å². The molecule has 0 unspecified atom stereocenters. The number of hydrogen-bond acceptors (Lipinski definition) is 3. The van der Waals surface area contributed by atoms with E-state index in [-0.39, 0.29) is 49.3 Å². The number of halogens is 10. The molecule has 1 fully saturated rings. The molecule has 1 aliphatic rings. The summed E-state index contributed by atoms with van der Waals surface area (Å²) < 4.78 is 152. The fraction of sp³-hybridized carbons (Fsp3) is 0.407. The molecule has 0 heterocycles. The van der Waals surface area contributed by atoms with Gasteiger partial charge in [0.15, 0.2) is 23.6 Å². The molecule has 40 heavy (non-hydrogen) atoms. The van der Waals surface area contributed by atoms with Gasteiger partial charge in [-0.2, -0.15) is 26.3 Å². The summed E-state index contributed by atoms with van der Waals surface area (Å²) in [6.07, 6.45) is -4.77. The average Bonchev–Trinajstić information content (AvgIpc) is 2.82. The van der Waals surface area contributed by atoms with E-state index in [1.54, 1.807) is 0 Å². The van der Waals surface area contributed by atoms with Gasteiger partial charge < -0.3 is 14.2 Å². The van der Waals surface area contributed by atoms with Crippen molar-refractivity contribution in [3.63, 3.8) is 0 Å². The summed E-state index contributed by atoms with van der Waals surface area (Å²) in [5.74, 6) is -12.3. The van der Waals surface area contributed by atoms with E-state index in [4.69, 9.17) is 0 Å². The molecule has 220 valence electrons. The molecule has 0 bridgehead atoms. The molecule has 0 amide bonds. The topological polar surface area (TPSA) is 27.7 Å². The third-order valence-electron chi connectivity index (χ3n) is 6.34. The molecule has 0 aliphatic heterocycles. The molecule has 1 aliphatic carbocycles. The lowest BCUT2D eigenvalue weighted by Gasteiger charge is -2.33. The van der Waals surface area contributed by atoms with Crippen molar-refractivity contribution in [3.8, 4) is 17.2 Å². The van der Waals surface area contributed by atoms with Gasteiger partial charge in [-0.1, -0.05) is 12.2 Å². The highest BCUT2D eigenvalue weighted by Crippen LogP contribution is 2.43. The van der Waals surface area contributed by atoms with Crippen molar-refractivity contribution in [2.45, 2.75) is 57.7 Å². The lowest BCUT2D eigenvalue weighted by atomic mass is 9.79. The summed E-state index contributed by atoms with van der Waals surface area (Å²) in [4.78, 5) is 0. The maximum absolute atomic E-state index is 14.7. The highest BCUT2D eigenvalue weighted by molar-refractivity contribution is 5.37. The predicted octanol–water partition coefficient (Wildman–Crippen LogP) is 9.62. The summed E-state index contributed by atoms with van der Waals surface area (Å²) in [6.45, 7) is 1.87. The molecule has 0 radical (unpaired) electrons. The van der Waals surface area contributed by atoms with Gasteiger partial charge in [-0.05, 0) is 51.4 Å². The molecular formula is C27H24F10O3. The average molecular weight is 586 g/mol. The maximum Gasteiger partial charge on any atom is 0.432 e. The number of ether oxygens (including phenoxy) is 3. The van der Waals surface area contributed by atoms with E-state index in [1.165, 1.54) is 0 Å². The molecular weight excluding hydrogens is 562 g/mol. The zero-order valence-electron chi connectivity index (χ0n) is 20.9. The lowest BCUT2D eigenvalue weighted by Crippen LogP contribution is -2.37. The van der Waals surface area contributed by atoms with E-state index in [1.807, 2.05) is 19.1 Å². The third kappa shape index (κ3) is 7.85. The van der Waals surface area contributed by atoms with Crippen LogP contribution < -0.4 is 14.2 Å². The van der Waals surface area contributed by atoms with Gasteiger partial charge >= 0.3 is 18.3 Å². The van der Waals surface area contributed by atoms with Crippen LogP contribution in [0.5, 0.6) is 17.2 Å². The number of alkyl halides is 4. The van der Waals surface area contributed by atoms with Gasteiger partial charge in [0.05, 0.1) is 5.92 Å². The lowest BCUT2D eigenvalue weighted by molar-refractivity contribution is -0.223. The van der Waals surface area contributed by atoms with Gasteiger partial charge in [0.25, 0.3) is 0 Å². The summed E-state index contributed by atoms with van der Waals surface area (Å²) in [7, 11) is 0. The Morgan fingerprint density at radius 3 is 1.88 bits per heavy atom. The fourth-order valence-corrected chi connectivity index (χ4v) is 4.42. The molecule has 13 heteroatoms. The molecule has 2 aromatic rings. The fourth-order valence-electron chi connectivity index (χ4n) is 4.42. The third-order valence-corrected chi connectivity index (χ3v) is 6.34. The van der Waals surface area contributed by atoms with Crippen molar-refractivity contribution < 1.29 is 58.1 Å². The second-order valence-corrected chi connectivity index (χ2v) is 9.15. The first-order valence-corrected chi connectivity index (χ1v) is 12.1. The molecule has 0 atom stereocenters. The van der Waals surface area contributed by atoms with E-state index < -0.39 is 70.3 Å². The minimum Gasteiger partial charge on any atom is -0.453 e. The largest absolute Gasteiger partial charge is 0.453 e. The summed E-state index contributed by atoms with van der Waals surface area (Å²) in [6, 6.07) is 0.420. The highest BCUT2D eigenvalue weighted by atomic mass is 19.3. The van der Waals surface area contributed by atoms with Crippen LogP contribution in [0.15, 0.2) is 48.8 Å². The van der Waals surface area contributed by atoms with Crippen LogP contribution in [0.1, 0.15) is 51.0 Å². The Morgan fingerprint density at radius 2 is 1.35 bits per heavy atom. The molecule has 2 aromatic carbocycles. The van der Waals surface area contributed by atoms with Crippen LogP contribution in [0, 0.1) is 35.1 Å². The molecule has 0 spiro atoms. The van der Waals surface area contributed by atoms with Crippen LogP contribution in [0.4, 0.5) is 43.9 Å². The van der Waals surface area contributed by atoms with Crippen molar-refractivity contribution >= 4 is 0 Å². The first-order valence-electron chi connectivity index (χ1n) is 12.1. The first-order chi connectivity index (χ1) is 18.7. The second kappa shape index (κ2) is 12.9. The van der Waals surface area contributed by atoms with E-state index in [9.17, 15) is 43.9 Å². The number of rotatable bonds is 11. The Bertz CT molecular complexity index is 1190. The van der Waals surface area contributed by atoms with Gasteiger partial charge in [0.1, 0.15) is 28.7 Å². The van der Waals surface area contributed by atoms with Gasteiger partial charge in [-0.3, -0.25) is 0 Å². The highest BCUT2D eigenvalue weighted by Gasteiger charge is 2.45. The smallest absolute Gasteiger partial charge is 0.432 e. The van der Waals surface area contributed by atoms with Crippen LogP contribution in [0.3, 0.4) is 0 Å². The second-order valence-electron chi connectivity index (χ2n) is 9.15. The predicted molar refractivity (Wildman–Crippen MR) is 123 cm³/mol. The van der Waals surface area contributed by atoms with Crippen molar-refractivity contribution in [2.24, 2.45) is 11.8 Å². The van der Waals surface area contributed by atoms with E-state index in [0.29, 0.717) is 12.8 Å². The molecule has 3 nitrogen and oxygen atoms in total. The van der Waals surface area contributed by atoms with Crippen molar-refractivity contribution in [3.05, 3.63) is 77.6 Å². The van der Waals surface area contributed by atoms with Crippen LogP contribution in [-0.2, 0) is 6.11 Å². The number of hydrogen-bond donors (Lipinski definition) is 0. The molecule has 0 aromatic heterocycles. The van der Waals surface area contributed by atoms with Crippen LogP contribution in [-0.4, -0.2) is 6.11 Å². The number of benzene rings is 2. The van der Waals surface area contributed by atoms with Gasteiger partial charge in [-0.25, -0.2) is 17.6 Å². The minimum atomic E-state index is -4.90. The summed E-state index contributed by atoms with van der Waals surface area (Å²) in [5, 5.41) is 0. The zero-order valence-corrected chi connectivity index (χ0v) is 20.9. The van der Waals surface area contributed by atoms with Crippen molar-refractivity contribution in [2.75, 3.05) is 0 Å². The summed E-state index contributed by atoms with van der Waals surface area (Å²) in [5.41, 5.74) is -2.05. The van der Waals surface area contributed by atoms with Crippen LogP contribution in [0.2, 0.25) is 0 Å². The Hall–Kier alpha value is -3.38. The monoisotopic (exact) mass is 586 g/mol. The Morgan fingerprint density at radius 1 is 0.825 bits per heavy atom. The van der Waals surface area contributed by atoms with Crippen LogP contribution >= 0.6 is 0 Å². The molecule has 3 rings (SSSR count). The maximum atomic E-state index is 14.7. The van der Waals surface area contributed by atoms with Crippen molar-refractivity contribution in [1.82, 2.24) is 0 Å². The van der Waals surface area contributed by atoms with E-state index >= 15 is 0 Å². The standard InChI is InChI=1S/C27H24F10O3/c1-2-3-4-5-15-6-8-16(9-7-15)26(34,35)39-17-10-19(28)24(20(29)11-17)27(36,37)40-18-12-21(30)25(22(31)13-18)38-14-23(32)33/h2-3,10-16H,4-9H2,1H3/b3-2+. The van der Waals surface area contributed by atoms with Crippen LogP contribution in [0.25, 0.3) is 0 Å². The van der Waals surface area contributed by atoms with E-state index in [2.05, 4.69) is 14.2 Å². The van der Waals surface area contributed by atoms with Gasteiger partial charge in [-0.15, -0.1) is 0 Å². The Balaban J connectivity index is 1.73. The Kier molecular flexibility index (Phi) is 10.0. The SMILES string of the molecule is C/C=C/CCC1CCC(C(F)(F)Oc2cc(F)c(C(F)(F)Oc3cc(F)c(OC=C(F)F)c(F)c3)c(F)c2)CC1. The minimum absolute atomic E-state index is 0.0957. The Labute approximate surface area is 223 Å². The normalized spacial score (nSPS) is 18.1. The first kappa shape index (κ1) is 31.2. The summed E-state index contributed by atoms with van der Waals surface area (Å²) >= 11 is 0. The van der Waals surface area contributed by atoms with Gasteiger partial charge in [0.2, 0.25) is 0 Å². The number of allylic oxidation sites excluding steroid dienone is 2. The quantitative estimate of drug-likeness (QED) is 0.149. The molecule has 0 saturated heterocycles. The molecule has 0 N–H and O–H groups in total.